The Morgan fingerprint density at radius 2 is 1.92 bits per heavy atom. The van der Waals surface area contributed by atoms with Gasteiger partial charge in [-0.1, -0.05) is 53.2 Å². The number of carbonyl (C=O) groups excluding carboxylic acids is 1. The number of nitrogens with zero attached hydrogens (tertiary/aromatic N) is 4. The number of thioether (sulfide) groups is 1. The van der Waals surface area contributed by atoms with Gasteiger partial charge < -0.3 is 5.32 Å². The molecule has 0 atom stereocenters. The van der Waals surface area contributed by atoms with Gasteiger partial charge in [0.2, 0.25) is 11.1 Å². The molecule has 0 saturated carbocycles. The van der Waals surface area contributed by atoms with Crippen molar-refractivity contribution < 1.29 is 4.79 Å². The first-order valence-electron chi connectivity index (χ1n) is 7.76. The maximum absolute atomic E-state index is 12.1. The normalized spacial score (nSPS) is 10.7. The molecule has 1 heterocycles. The highest BCUT2D eigenvalue weighted by molar-refractivity contribution is 7.99. The number of amides is 1. The fourth-order valence-corrected chi connectivity index (χ4v) is 3.57. The van der Waals surface area contributed by atoms with Gasteiger partial charge in [0.15, 0.2) is 0 Å². The van der Waals surface area contributed by atoms with E-state index < -0.39 is 0 Å². The summed E-state index contributed by atoms with van der Waals surface area (Å²) in [5.41, 5.74) is 2.42. The summed E-state index contributed by atoms with van der Waals surface area (Å²) in [5, 5.41) is 15.9. The lowest BCUT2D eigenvalue weighted by atomic mass is 10.2. The summed E-state index contributed by atoms with van der Waals surface area (Å²) in [7, 11) is 0. The summed E-state index contributed by atoms with van der Waals surface area (Å²) in [4.78, 5) is 12.1. The molecule has 0 spiro atoms. The van der Waals surface area contributed by atoms with Crippen LogP contribution < -0.4 is 5.32 Å². The van der Waals surface area contributed by atoms with Gasteiger partial charge >= 0.3 is 0 Å². The van der Waals surface area contributed by atoms with E-state index in [1.54, 1.807) is 22.9 Å². The number of hydrogen-bond acceptors (Lipinski definition) is 5. The second-order valence-electron chi connectivity index (χ2n) is 5.46. The van der Waals surface area contributed by atoms with Crippen molar-refractivity contribution in [3.63, 3.8) is 0 Å². The standard InChI is InChI=1S/C17H15Cl2N5OS/c1-11-4-2-5-12(10-11)24-17(21-22-23-24)26-9-8-15(25)20-16-13(18)6-3-7-14(16)19/h2-7,10H,8-9H2,1H3,(H,20,25). The molecule has 0 aliphatic rings. The Morgan fingerprint density at radius 3 is 2.65 bits per heavy atom. The van der Waals surface area contributed by atoms with Crippen LogP contribution >= 0.6 is 35.0 Å². The van der Waals surface area contributed by atoms with Gasteiger partial charge in [0.05, 0.1) is 21.4 Å². The van der Waals surface area contributed by atoms with Crippen molar-refractivity contribution in [2.45, 2.75) is 18.5 Å². The van der Waals surface area contributed by atoms with Crippen LogP contribution in [0.2, 0.25) is 10.0 Å². The number of para-hydroxylation sites is 1. The molecule has 9 heteroatoms. The van der Waals surface area contributed by atoms with Crippen LogP contribution in [0.3, 0.4) is 0 Å². The zero-order valence-corrected chi connectivity index (χ0v) is 16.1. The Hall–Kier alpha value is -2.09. The van der Waals surface area contributed by atoms with Crippen molar-refractivity contribution in [1.82, 2.24) is 20.2 Å². The summed E-state index contributed by atoms with van der Waals surface area (Å²) in [6.07, 6.45) is 0.271. The maximum Gasteiger partial charge on any atom is 0.225 e. The van der Waals surface area contributed by atoms with Gasteiger partial charge in [-0.2, -0.15) is 4.68 Å². The van der Waals surface area contributed by atoms with Crippen molar-refractivity contribution >= 4 is 46.6 Å². The Labute approximate surface area is 164 Å². The van der Waals surface area contributed by atoms with E-state index in [4.69, 9.17) is 23.2 Å². The van der Waals surface area contributed by atoms with Crippen LogP contribution in [0.1, 0.15) is 12.0 Å². The molecule has 0 bridgehead atoms. The van der Waals surface area contributed by atoms with E-state index in [0.717, 1.165) is 11.3 Å². The smallest absolute Gasteiger partial charge is 0.225 e. The lowest BCUT2D eigenvalue weighted by Gasteiger charge is -2.09. The fourth-order valence-electron chi connectivity index (χ4n) is 2.24. The third kappa shape index (κ3) is 4.55. The van der Waals surface area contributed by atoms with Crippen molar-refractivity contribution in [3.05, 3.63) is 58.1 Å². The number of rotatable bonds is 6. The van der Waals surface area contributed by atoms with E-state index in [9.17, 15) is 4.79 Å². The molecule has 0 aliphatic heterocycles. The van der Waals surface area contributed by atoms with Gasteiger partial charge in [0, 0.05) is 12.2 Å². The monoisotopic (exact) mass is 407 g/mol. The molecule has 3 rings (SSSR count). The Bertz CT molecular complexity index is 911. The first kappa shape index (κ1) is 18.7. The van der Waals surface area contributed by atoms with E-state index in [1.165, 1.54) is 11.8 Å². The second-order valence-corrected chi connectivity index (χ2v) is 7.33. The number of halogens is 2. The van der Waals surface area contributed by atoms with Crippen molar-refractivity contribution in [2.24, 2.45) is 0 Å². The molecule has 0 radical (unpaired) electrons. The van der Waals surface area contributed by atoms with Crippen LogP contribution in [0, 0.1) is 6.92 Å². The van der Waals surface area contributed by atoms with Crippen molar-refractivity contribution in [2.75, 3.05) is 11.1 Å². The van der Waals surface area contributed by atoms with Gasteiger partial charge in [-0.15, -0.1) is 5.10 Å². The zero-order valence-electron chi connectivity index (χ0n) is 13.8. The molecule has 0 saturated heterocycles. The molecule has 1 aromatic heterocycles. The quantitative estimate of drug-likeness (QED) is 0.612. The predicted molar refractivity (Wildman–Crippen MR) is 104 cm³/mol. The SMILES string of the molecule is Cc1cccc(-n2nnnc2SCCC(=O)Nc2c(Cl)cccc2Cl)c1. The van der Waals surface area contributed by atoms with Gasteiger partial charge in [0.1, 0.15) is 0 Å². The van der Waals surface area contributed by atoms with E-state index >= 15 is 0 Å². The number of hydrogen-bond donors (Lipinski definition) is 1. The largest absolute Gasteiger partial charge is 0.324 e. The van der Waals surface area contributed by atoms with Crippen LogP contribution in [-0.2, 0) is 4.79 Å². The molecule has 1 N–H and O–H groups in total. The fraction of sp³-hybridized carbons (Fsp3) is 0.176. The number of aryl methyl sites for hydroxylation is 1. The molecule has 0 unspecified atom stereocenters. The second kappa shape index (κ2) is 8.53. The highest BCUT2D eigenvalue weighted by atomic mass is 35.5. The molecule has 26 heavy (non-hydrogen) atoms. The average Bonchev–Trinajstić information content (AvgIpc) is 3.07. The molecule has 3 aromatic rings. The Balaban J connectivity index is 1.59. The first-order valence-corrected chi connectivity index (χ1v) is 9.51. The minimum absolute atomic E-state index is 0.179. The molecule has 1 amide bonds. The lowest BCUT2D eigenvalue weighted by molar-refractivity contribution is -0.115. The number of nitrogens with one attached hydrogen (secondary N) is 1. The highest BCUT2D eigenvalue weighted by Gasteiger charge is 2.12. The van der Waals surface area contributed by atoms with Crippen molar-refractivity contribution in [1.29, 1.82) is 0 Å². The molecule has 134 valence electrons. The van der Waals surface area contributed by atoms with Crippen LogP contribution in [0.25, 0.3) is 5.69 Å². The number of anilines is 1. The van der Waals surface area contributed by atoms with E-state index in [1.807, 2.05) is 31.2 Å². The average molecular weight is 408 g/mol. The summed E-state index contributed by atoms with van der Waals surface area (Å²) >= 11 is 13.5. The lowest BCUT2D eigenvalue weighted by Crippen LogP contribution is -2.13. The van der Waals surface area contributed by atoms with Crippen LogP contribution in [0.4, 0.5) is 5.69 Å². The van der Waals surface area contributed by atoms with Crippen LogP contribution in [0.15, 0.2) is 47.6 Å². The summed E-state index contributed by atoms with van der Waals surface area (Å²) in [6.45, 7) is 2.00. The minimum Gasteiger partial charge on any atom is -0.324 e. The van der Waals surface area contributed by atoms with Crippen LogP contribution in [-0.4, -0.2) is 31.9 Å². The highest BCUT2D eigenvalue weighted by Crippen LogP contribution is 2.30. The van der Waals surface area contributed by atoms with E-state index in [0.29, 0.717) is 26.6 Å². The van der Waals surface area contributed by atoms with Gasteiger partial charge in [0.25, 0.3) is 0 Å². The third-order valence-electron chi connectivity index (χ3n) is 3.47. The predicted octanol–water partition coefficient (Wildman–Crippen LogP) is 4.40. The molecule has 2 aromatic carbocycles. The summed E-state index contributed by atoms with van der Waals surface area (Å²) in [5.74, 6) is 0.335. The maximum atomic E-state index is 12.1. The van der Waals surface area contributed by atoms with Gasteiger partial charge in [-0.05, 0) is 47.2 Å². The number of carbonyl (C=O) groups is 1. The topological polar surface area (TPSA) is 72.7 Å². The van der Waals surface area contributed by atoms with Crippen LogP contribution in [0.5, 0.6) is 0 Å². The Morgan fingerprint density at radius 1 is 1.19 bits per heavy atom. The molecular formula is C17H15Cl2N5OS. The minimum atomic E-state index is -0.179. The number of aromatic nitrogens is 4. The summed E-state index contributed by atoms with van der Waals surface area (Å²) in [6, 6.07) is 12.9. The first-order chi connectivity index (χ1) is 12.5. The van der Waals surface area contributed by atoms with Gasteiger partial charge in [-0.25, -0.2) is 0 Å². The molecule has 0 aliphatic carbocycles. The molecule has 6 nitrogen and oxygen atoms in total. The van der Waals surface area contributed by atoms with Crippen molar-refractivity contribution in [3.8, 4) is 5.69 Å². The number of benzene rings is 2. The Kier molecular flexibility index (Phi) is 6.13. The zero-order chi connectivity index (χ0) is 18.5. The van der Waals surface area contributed by atoms with E-state index in [2.05, 4.69) is 20.8 Å². The van der Waals surface area contributed by atoms with Gasteiger partial charge in [-0.3, -0.25) is 4.79 Å². The summed E-state index contributed by atoms with van der Waals surface area (Å²) < 4.78 is 1.65. The molecule has 0 fully saturated rings. The van der Waals surface area contributed by atoms with E-state index in [-0.39, 0.29) is 12.3 Å². The number of tetrazole rings is 1. The molecular weight excluding hydrogens is 393 g/mol. The third-order valence-corrected chi connectivity index (χ3v) is 5.03.